The van der Waals surface area contributed by atoms with Crippen LogP contribution < -0.4 is 0 Å². The zero-order valence-electron chi connectivity index (χ0n) is 5.96. The number of carbonyl (C=O) groups is 1. The molecular formula is C6H9NO2S. The molecule has 0 aromatic heterocycles. The highest BCUT2D eigenvalue weighted by molar-refractivity contribution is 8.14. The Morgan fingerprint density at radius 3 is 3.00 bits per heavy atom. The molecule has 0 spiro atoms. The summed E-state index contributed by atoms with van der Waals surface area (Å²) in [4.78, 5) is 14.9. The van der Waals surface area contributed by atoms with Gasteiger partial charge in [-0.05, 0) is 6.92 Å². The summed E-state index contributed by atoms with van der Waals surface area (Å²) < 4.78 is 4.52. The van der Waals surface area contributed by atoms with Gasteiger partial charge in [-0.2, -0.15) is 0 Å². The predicted molar refractivity (Wildman–Crippen MR) is 41.4 cm³/mol. The van der Waals surface area contributed by atoms with Crippen LogP contribution in [0.3, 0.4) is 0 Å². The van der Waals surface area contributed by atoms with E-state index in [-0.39, 0.29) is 12.0 Å². The molecular weight excluding hydrogens is 150 g/mol. The van der Waals surface area contributed by atoms with E-state index in [1.54, 1.807) is 11.8 Å². The molecule has 1 unspecified atom stereocenters. The van der Waals surface area contributed by atoms with Crippen molar-refractivity contribution in [1.29, 1.82) is 0 Å². The number of hydrogen-bond donors (Lipinski definition) is 0. The highest BCUT2D eigenvalue weighted by atomic mass is 32.2. The van der Waals surface area contributed by atoms with Crippen LogP contribution in [0.15, 0.2) is 4.99 Å². The largest absolute Gasteiger partial charge is 0.467 e. The highest BCUT2D eigenvalue weighted by Gasteiger charge is 2.23. The fraction of sp³-hybridized carbons (Fsp3) is 0.667. The molecule has 0 amide bonds. The first-order valence-electron chi connectivity index (χ1n) is 2.99. The minimum Gasteiger partial charge on any atom is -0.467 e. The van der Waals surface area contributed by atoms with E-state index < -0.39 is 0 Å². The monoisotopic (exact) mass is 159 g/mol. The molecule has 0 fully saturated rings. The molecule has 0 aliphatic carbocycles. The van der Waals surface area contributed by atoms with Gasteiger partial charge >= 0.3 is 5.97 Å². The topological polar surface area (TPSA) is 38.7 Å². The zero-order chi connectivity index (χ0) is 7.56. The van der Waals surface area contributed by atoms with Gasteiger partial charge < -0.3 is 4.74 Å². The van der Waals surface area contributed by atoms with E-state index in [1.807, 2.05) is 6.92 Å². The molecule has 0 saturated heterocycles. The maximum absolute atomic E-state index is 10.8. The molecule has 1 rings (SSSR count). The minimum atomic E-state index is -0.255. The average molecular weight is 159 g/mol. The lowest BCUT2D eigenvalue weighted by Crippen LogP contribution is -2.19. The summed E-state index contributed by atoms with van der Waals surface area (Å²) in [6, 6.07) is -0.255. The quantitative estimate of drug-likeness (QED) is 0.528. The molecule has 0 bridgehead atoms. The Kier molecular flexibility index (Phi) is 2.32. The van der Waals surface area contributed by atoms with Crippen molar-refractivity contribution >= 4 is 22.8 Å². The normalized spacial score (nSPS) is 24.2. The Morgan fingerprint density at radius 2 is 2.60 bits per heavy atom. The Morgan fingerprint density at radius 1 is 1.90 bits per heavy atom. The van der Waals surface area contributed by atoms with Crippen LogP contribution >= 0.6 is 11.8 Å². The van der Waals surface area contributed by atoms with Gasteiger partial charge in [0.05, 0.1) is 12.2 Å². The fourth-order valence-electron chi connectivity index (χ4n) is 0.750. The van der Waals surface area contributed by atoms with Crippen LogP contribution in [0.2, 0.25) is 0 Å². The summed E-state index contributed by atoms with van der Waals surface area (Å²) >= 11 is 1.60. The molecule has 10 heavy (non-hydrogen) atoms. The van der Waals surface area contributed by atoms with E-state index in [0.717, 1.165) is 10.8 Å². The lowest BCUT2D eigenvalue weighted by Gasteiger charge is -2.00. The van der Waals surface area contributed by atoms with Crippen molar-refractivity contribution in [3.63, 3.8) is 0 Å². The van der Waals surface area contributed by atoms with Gasteiger partial charge in [0, 0.05) is 5.75 Å². The van der Waals surface area contributed by atoms with Gasteiger partial charge in [-0.1, -0.05) is 0 Å². The molecule has 0 aromatic rings. The highest BCUT2D eigenvalue weighted by Crippen LogP contribution is 2.17. The van der Waals surface area contributed by atoms with Gasteiger partial charge in [0.1, 0.15) is 0 Å². The Hall–Kier alpha value is -0.510. The van der Waals surface area contributed by atoms with E-state index in [4.69, 9.17) is 0 Å². The van der Waals surface area contributed by atoms with E-state index in [2.05, 4.69) is 9.73 Å². The number of esters is 1. The van der Waals surface area contributed by atoms with Gasteiger partial charge in [-0.15, -0.1) is 11.8 Å². The number of carbonyl (C=O) groups excluding carboxylic acids is 1. The second-order valence-corrected chi connectivity index (χ2v) is 3.21. The van der Waals surface area contributed by atoms with Crippen LogP contribution in [-0.2, 0) is 9.53 Å². The molecule has 1 aliphatic rings. The number of thioether (sulfide) groups is 1. The number of ether oxygens (including phenoxy) is 1. The molecule has 0 aromatic carbocycles. The predicted octanol–water partition coefficient (Wildman–Crippen LogP) is 0.693. The Balaban J connectivity index is 2.52. The molecule has 4 heteroatoms. The number of nitrogens with zero attached hydrogens (tertiary/aromatic N) is 1. The standard InChI is InChI=1S/C6H9NO2S/c1-4-7-5(3-10-4)6(8)9-2/h5H,3H2,1-2H3. The van der Waals surface area contributed by atoms with E-state index in [1.165, 1.54) is 7.11 Å². The van der Waals surface area contributed by atoms with E-state index >= 15 is 0 Å². The first-order valence-corrected chi connectivity index (χ1v) is 3.97. The third kappa shape index (κ3) is 1.50. The molecule has 1 aliphatic heterocycles. The molecule has 1 heterocycles. The van der Waals surface area contributed by atoms with Gasteiger partial charge in [0.2, 0.25) is 0 Å². The summed E-state index contributed by atoms with van der Waals surface area (Å²) in [7, 11) is 1.39. The zero-order valence-corrected chi connectivity index (χ0v) is 6.77. The number of methoxy groups -OCH3 is 1. The average Bonchev–Trinajstić information content (AvgIpc) is 2.34. The Labute approximate surface area is 63.9 Å². The molecule has 0 saturated carbocycles. The number of rotatable bonds is 1. The van der Waals surface area contributed by atoms with Crippen LogP contribution in [0.4, 0.5) is 0 Å². The molecule has 0 radical (unpaired) electrons. The molecule has 0 N–H and O–H groups in total. The van der Waals surface area contributed by atoms with Gasteiger partial charge in [0.25, 0.3) is 0 Å². The second-order valence-electron chi connectivity index (χ2n) is 2.00. The van der Waals surface area contributed by atoms with Crippen LogP contribution in [-0.4, -0.2) is 29.9 Å². The fourth-order valence-corrected chi connectivity index (χ4v) is 1.56. The van der Waals surface area contributed by atoms with Crippen LogP contribution in [0.25, 0.3) is 0 Å². The second kappa shape index (κ2) is 3.05. The Bertz CT molecular complexity index is 179. The molecule has 1 atom stereocenters. The van der Waals surface area contributed by atoms with Gasteiger partial charge in [-0.3, -0.25) is 4.99 Å². The summed E-state index contributed by atoms with van der Waals surface area (Å²) in [5.74, 6) is 0.503. The maximum atomic E-state index is 10.8. The van der Waals surface area contributed by atoms with Crippen molar-refractivity contribution in [3.05, 3.63) is 0 Å². The smallest absolute Gasteiger partial charge is 0.331 e. The lowest BCUT2D eigenvalue weighted by atomic mass is 10.4. The van der Waals surface area contributed by atoms with Gasteiger partial charge in [-0.25, -0.2) is 4.79 Å². The van der Waals surface area contributed by atoms with Crippen molar-refractivity contribution in [2.75, 3.05) is 12.9 Å². The lowest BCUT2D eigenvalue weighted by molar-refractivity contribution is -0.141. The first-order chi connectivity index (χ1) is 4.74. The minimum absolute atomic E-state index is 0.232. The first kappa shape index (κ1) is 7.60. The van der Waals surface area contributed by atoms with Crippen molar-refractivity contribution in [2.45, 2.75) is 13.0 Å². The SMILES string of the molecule is COC(=O)C1CSC(C)=N1. The summed E-state index contributed by atoms with van der Waals surface area (Å²) in [6.07, 6.45) is 0. The van der Waals surface area contributed by atoms with Crippen molar-refractivity contribution in [3.8, 4) is 0 Å². The summed E-state index contributed by atoms with van der Waals surface area (Å²) in [5, 5.41) is 0.968. The number of aliphatic imine (C=N–C) groups is 1. The van der Waals surface area contributed by atoms with Crippen LogP contribution in [0.5, 0.6) is 0 Å². The van der Waals surface area contributed by atoms with Gasteiger partial charge in [0.15, 0.2) is 6.04 Å². The van der Waals surface area contributed by atoms with Crippen molar-refractivity contribution < 1.29 is 9.53 Å². The molecule has 3 nitrogen and oxygen atoms in total. The maximum Gasteiger partial charge on any atom is 0.331 e. The number of hydrogen-bond acceptors (Lipinski definition) is 4. The summed E-state index contributed by atoms with van der Waals surface area (Å²) in [5.41, 5.74) is 0. The van der Waals surface area contributed by atoms with Crippen molar-refractivity contribution in [1.82, 2.24) is 0 Å². The molecule has 56 valence electrons. The summed E-state index contributed by atoms with van der Waals surface area (Å²) in [6.45, 7) is 1.90. The van der Waals surface area contributed by atoms with Crippen molar-refractivity contribution in [2.24, 2.45) is 4.99 Å². The third-order valence-electron chi connectivity index (χ3n) is 1.26. The third-order valence-corrected chi connectivity index (χ3v) is 2.27. The van der Waals surface area contributed by atoms with Crippen LogP contribution in [0.1, 0.15) is 6.92 Å². The van der Waals surface area contributed by atoms with E-state index in [0.29, 0.717) is 0 Å². The van der Waals surface area contributed by atoms with E-state index in [9.17, 15) is 4.79 Å². The van der Waals surface area contributed by atoms with Crippen LogP contribution in [0, 0.1) is 0 Å².